The number of nitrogen functional groups attached to an aromatic ring is 1. The van der Waals surface area contributed by atoms with E-state index in [0.717, 1.165) is 24.0 Å². The number of hydrogen-bond donors (Lipinski definition) is 1. The van der Waals surface area contributed by atoms with Gasteiger partial charge in [0.25, 0.3) is 0 Å². The summed E-state index contributed by atoms with van der Waals surface area (Å²) >= 11 is 3.35. The SMILES string of the molecule is COCCCn1nc(Br)c2c(N)ncnc21. The minimum Gasteiger partial charge on any atom is -0.385 e. The molecule has 2 aromatic rings. The van der Waals surface area contributed by atoms with Gasteiger partial charge < -0.3 is 10.5 Å². The fraction of sp³-hybridized carbons (Fsp3) is 0.444. The van der Waals surface area contributed by atoms with Crippen molar-refractivity contribution in [3.8, 4) is 0 Å². The van der Waals surface area contributed by atoms with Gasteiger partial charge in [-0.25, -0.2) is 14.6 Å². The molecule has 0 radical (unpaired) electrons. The number of aromatic nitrogens is 4. The van der Waals surface area contributed by atoms with Gasteiger partial charge in [0.05, 0.1) is 5.39 Å². The van der Waals surface area contributed by atoms with Gasteiger partial charge in [-0.15, -0.1) is 0 Å². The predicted octanol–water partition coefficient (Wildman–Crippen LogP) is 1.21. The van der Waals surface area contributed by atoms with Gasteiger partial charge in [0.2, 0.25) is 0 Å². The van der Waals surface area contributed by atoms with E-state index >= 15 is 0 Å². The Labute approximate surface area is 101 Å². The Kier molecular flexibility index (Phi) is 3.35. The fourth-order valence-electron chi connectivity index (χ4n) is 1.50. The van der Waals surface area contributed by atoms with Gasteiger partial charge in [0.1, 0.15) is 16.7 Å². The van der Waals surface area contributed by atoms with Crippen LogP contribution in [0.15, 0.2) is 10.9 Å². The number of anilines is 1. The highest BCUT2D eigenvalue weighted by molar-refractivity contribution is 9.10. The lowest BCUT2D eigenvalue weighted by Crippen LogP contribution is -2.04. The number of rotatable bonds is 4. The molecule has 0 bridgehead atoms. The van der Waals surface area contributed by atoms with Gasteiger partial charge in [-0.05, 0) is 22.4 Å². The summed E-state index contributed by atoms with van der Waals surface area (Å²) in [6.45, 7) is 1.44. The van der Waals surface area contributed by atoms with E-state index in [1.807, 2.05) is 0 Å². The maximum Gasteiger partial charge on any atom is 0.164 e. The Balaban J connectivity index is 2.36. The van der Waals surface area contributed by atoms with Crippen molar-refractivity contribution in [2.75, 3.05) is 19.5 Å². The molecule has 86 valence electrons. The normalized spacial score (nSPS) is 11.1. The average Bonchev–Trinajstić information content (AvgIpc) is 2.58. The molecule has 0 spiro atoms. The molecule has 2 rings (SSSR count). The molecular formula is C9H12BrN5O. The molecule has 7 heteroatoms. The van der Waals surface area contributed by atoms with E-state index < -0.39 is 0 Å². The van der Waals surface area contributed by atoms with Crippen LogP contribution in [0.5, 0.6) is 0 Å². The highest BCUT2D eigenvalue weighted by atomic mass is 79.9. The molecule has 0 unspecified atom stereocenters. The van der Waals surface area contributed by atoms with Gasteiger partial charge in [0.15, 0.2) is 5.65 Å². The van der Waals surface area contributed by atoms with Gasteiger partial charge >= 0.3 is 0 Å². The summed E-state index contributed by atoms with van der Waals surface area (Å²) in [6.07, 6.45) is 2.32. The van der Waals surface area contributed by atoms with Crippen molar-refractivity contribution in [1.82, 2.24) is 19.7 Å². The zero-order valence-corrected chi connectivity index (χ0v) is 10.4. The summed E-state index contributed by atoms with van der Waals surface area (Å²) in [4.78, 5) is 8.12. The van der Waals surface area contributed by atoms with E-state index in [1.165, 1.54) is 6.33 Å². The smallest absolute Gasteiger partial charge is 0.164 e. The second kappa shape index (κ2) is 4.75. The standard InChI is InChI=1S/C9H12BrN5O/c1-16-4-2-3-15-9-6(7(10)14-15)8(11)12-5-13-9/h5H,2-4H2,1H3,(H2,11,12,13). The Bertz CT molecular complexity index is 498. The lowest BCUT2D eigenvalue weighted by atomic mass is 10.4. The van der Waals surface area contributed by atoms with E-state index in [1.54, 1.807) is 11.8 Å². The molecule has 2 N–H and O–H groups in total. The number of hydrogen-bond acceptors (Lipinski definition) is 5. The van der Waals surface area contributed by atoms with Crippen LogP contribution >= 0.6 is 15.9 Å². The molecule has 2 aromatic heterocycles. The van der Waals surface area contributed by atoms with E-state index in [4.69, 9.17) is 10.5 Å². The molecule has 16 heavy (non-hydrogen) atoms. The molecule has 0 saturated carbocycles. The lowest BCUT2D eigenvalue weighted by molar-refractivity contribution is 0.189. The number of ether oxygens (including phenoxy) is 1. The summed E-state index contributed by atoms with van der Waals surface area (Å²) in [5.41, 5.74) is 6.51. The Morgan fingerprint density at radius 2 is 2.31 bits per heavy atom. The molecule has 0 saturated heterocycles. The third kappa shape index (κ3) is 2.00. The summed E-state index contributed by atoms with van der Waals surface area (Å²) in [5.74, 6) is 0.440. The van der Waals surface area contributed by atoms with Crippen molar-refractivity contribution in [2.45, 2.75) is 13.0 Å². The monoisotopic (exact) mass is 285 g/mol. The number of methoxy groups -OCH3 is 1. The molecule has 0 aliphatic rings. The molecule has 0 aromatic carbocycles. The first-order valence-corrected chi connectivity index (χ1v) is 5.64. The first-order valence-electron chi connectivity index (χ1n) is 4.85. The number of aryl methyl sites for hydroxylation is 1. The Hall–Kier alpha value is -1.21. The van der Waals surface area contributed by atoms with Gasteiger partial charge in [-0.3, -0.25) is 0 Å². The molecule has 0 fully saturated rings. The Morgan fingerprint density at radius 3 is 3.06 bits per heavy atom. The molecule has 0 amide bonds. The quantitative estimate of drug-likeness (QED) is 0.854. The highest BCUT2D eigenvalue weighted by Gasteiger charge is 2.12. The van der Waals surface area contributed by atoms with Crippen molar-refractivity contribution in [3.05, 3.63) is 10.9 Å². The largest absolute Gasteiger partial charge is 0.385 e. The van der Waals surface area contributed by atoms with E-state index in [-0.39, 0.29) is 0 Å². The zero-order chi connectivity index (χ0) is 11.5. The molecule has 0 atom stereocenters. The van der Waals surface area contributed by atoms with Gasteiger partial charge in [-0.1, -0.05) is 0 Å². The van der Waals surface area contributed by atoms with Crippen LogP contribution in [0.4, 0.5) is 5.82 Å². The second-order valence-electron chi connectivity index (χ2n) is 3.32. The summed E-state index contributed by atoms with van der Waals surface area (Å²) in [5, 5.41) is 5.08. The summed E-state index contributed by atoms with van der Waals surface area (Å²) < 4.78 is 7.48. The van der Waals surface area contributed by atoms with Gasteiger partial charge in [0, 0.05) is 20.3 Å². The van der Waals surface area contributed by atoms with Crippen LogP contribution in [0.2, 0.25) is 0 Å². The van der Waals surface area contributed by atoms with Crippen LogP contribution in [-0.2, 0) is 11.3 Å². The van der Waals surface area contributed by atoms with Crippen LogP contribution in [0.1, 0.15) is 6.42 Å². The third-order valence-electron chi connectivity index (χ3n) is 2.23. The molecule has 2 heterocycles. The average molecular weight is 286 g/mol. The van der Waals surface area contributed by atoms with Crippen molar-refractivity contribution in [1.29, 1.82) is 0 Å². The summed E-state index contributed by atoms with van der Waals surface area (Å²) in [7, 11) is 1.68. The minimum absolute atomic E-state index is 0.440. The van der Waals surface area contributed by atoms with Crippen LogP contribution in [0.25, 0.3) is 11.0 Å². The minimum atomic E-state index is 0.440. The number of halogens is 1. The van der Waals surface area contributed by atoms with Crippen LogP contribution in [-0.4, -0.2) is 33.5 Å². The first kappa shape index (κ1) is 11.3. The maximum atomic E-state index is 5.77. The topological polar surface area (TPSA) is 78.9 Å². The van der Waals surface area contributed by atoms with Crippen molar-refractivity contribution < 1.29 is 4.74 Å². The van der Waals surface area contributed by atoms with E-state index in [9.17, 15) is 0 Å². The van der Waals surface area contributed by atoms with E-state index in [2.05, 4.69) is 31.0 Å². The molecule has 0 aliphatic heterocycles. The highest BCUT2D eigenvalue weighted by Crippen LogP contribution is 2.25. The van der Waals surface area contributed by atoms with Crippen LogP contribution in [0, 0.1) is 0 Å². The molecule has 6 nitrogen and oxygen atoms in total. The summed E-state index contributed by atoms with van der Waals surface area (Å²) in [6, 6.07) is 0. The van der Waals surface area contributed by atoms with Gasteiger partial charge in [-0.2, -0.15) is 5.10 Å². The van der Waals surface area contributed by atoms with E-state index in [0.29, 0.717) is 17.0 Å². The van der Waals surface area contributed by atoms with Crippen molar-refractivity contribution >= 4 is 32.8 Å². The Morgan fingerprint density at radius 1 is 1.50 bits per heavy atom. The predicted molar refractivity (Wildman–Crippen MR) is 63.9 cm³/mol. The van der Waals surface area contributed by atoms with Crippen molar-refractivity contribution in [2.24, 2.45) is 0 Å². The number of nitrogens with zero attached hydrogens (tertiary/aromatic N) is 4. The fourth-order valence-corrected chi connectivity index (χ4v) is 2.07. The van der Waals surface area contributed by atoms with Crippen LogP contribution < -0.4 is 5.73 Å². The van der Waals surface area contributed by atoms with Crippen molar-refractivity contribution in [3.63, 3.8) is 0 Å². The second-order valence-corrected chi connectivity index (χ2v) is 4.07. The third-order valence-corrected chi connectivity index (χ3v) is 2.79. The lowest BCUT2D eigenvalue weighted by Gasteiger charge is -2.01. The maximum absolute atomic E-state index is 5.77. The number of nitrogens with two attached hydrogens (primary N) is 1. The first-order chi connectivity index (χ1) is 7.74. The molecular weight excluding hydrogens is 274 g/mol. The van der Waals surface area contributed by atoms with Crippen LogP contribution in [0.3, 0.4) is 0 Å². The zero-order valence-electron chi connectivity index (χ0n) is 8.85. The number of fused-ring (bicyclic) bond motifs is 1. The molecule has 0 aliphatic carbocycles.